The molecule has 1 aromatic heterocycles. The topological polar surface area (TPSA) is 71.1 Å². The minimum atomic E-state index is -1.11. The predicted octanol–water partition coefficient (Wildman–Crippen LogP) is 3.23. The molecule has 0 saturated carbocycles. The minimum absolute atomic E-state index is 0.332. The molecule has 3 rings (SSSR count). The summed E-state index contributed by atoms with van der Waals surface area (Å²) in [7, 11) is -1.11. The maximum atomic E-state index is 12.0. The molecular formula is C16H15N3O2S2. The van der Waals surface area contributed by atoms with Crippen molar-refractivity contribution in [2.24, 2.45) is 0 Å². The molecule has 0 spiro atoms. The summed E-state index contributed by atoms with van der Waals surface area (Å²) in [4.78, 5) is 16.9. The molecule has 0 fully saturated rings. The monoisotopic (exact) mass is 345 g/mol. The summed E-state index contributed by atoms with van der Waals surface area (Å²) in [6.07, 6.45) is 0. The molecule has 0 saturated heterocycles. The third kappa shape index (κ3) is 4.14. The number of amides is 2. The summed E-state index contributed by atoms with van der Waals surface area (Å²) in [5, 5.41) is 5.95. The van der Waals surface area contributed by atoms with Gasteiger partial charge in [0, 0.05) is 17.2 Å². The fraction of sp³-hybridized carbons (Fsp3) is 0.125. The van der Waals surface area contributed by atoms with Crippen molar-refractivity contribution in [1.29, 1.82) is 0 Å². The molecule has 2 aromatic carbocycles. The number of nitrogens with one attached hydrogen (secondary N) is 2. The van der Waals surface area contributed by atoms with E-state index in [2.05, 4.69) is 15.6 Å². The van der Waals surface area contributed by atoms with Gasteiger partial charge in [-0.05, 0) is 24.3 Å². The normalized spacial score (nSPS) is 12.0. The molecule has 23 heavy (non-hydrogen) atoms. The molecule has 7 heteroatoms. The second-order valence-corrected chi connectivity index (χ2v) is 7.33. The quantitative estimate of drug-likeness (QED) is 0.746. The van der Waals surface area contributed by atoms with Gasteiger partial charge in [-0.3, -0.25) is 9.53 Å². The van der Waals surface area contributed by atoms with Gasteiger partial charge in [-0.2, -0.15) is 0 Å². The van der Waals surface area contributed by atoms with Gasteiger partial charge in [0.25, 0.3) is 0 Å². The lowest BCUT2D eigenvalue weighted by Crippen LogP contribution is -2.31. The van der Waals surface area contributed by atoms with E-state index in [1.54, 1.807) is 0 Å². The van der Waals surface area contributed by atoms with E-state index >= 15 is 0 Å². The summed E-state index contributed by atoms with van der Waals surface area (Å²) in [6.45, 7) is 0.332. The van der Waals surface area contributed by atoms with Crippen LogP contribution in [0.2, 0.25) is 0 Å². The molecule has 2 amide bonds. The molecule has 0 aliphatic carbocycles. The molecule has 0 unspecified atom stereocenters. The number of urea groups is 1. The zero-order valence-electron chi connectivity index (χ0n) is 12.2. The van der Waals surface area contributed by atoms with Crippen LogP contribution in [0.25, 0.3) is 10.2 Å². The predicted molar refractivity (Wildman–Crippen MR) is 94.4 cm³/mol. The molecular weight excluding hydrogens is 330 g/mol. The minimum Gasteiger partial charge on any atom is -0.337 e. The number of fused-ring (bicyclic) bond motifs is 1. The van der Waals surface area contributed by atoms with Crippen LogP contribution < -0.4 is 10.6 Å². The van der Waals surface area contributed by atoms with Crippen LogP contribution >= 0.6 is 11.3 Å². The van der Waals surface area contributed by atoms with E-state index in [1.807, 2.05) is 54.6 Å². The van der Waals surface area contributed by atoms with Gasteiger partial charge in [-0.15, -0.1) is 0 Å². The molecule has 0 bridgehead atoms. The van der Waals surface area contributed by atoms with Crippen molar-refractivity contribution in [3.05, 3.63) is 54.6 Å². The van der Waals surface area contributed by atoms with Crippen molar-refractivity contribution in [1.82, 2.24) is 10.3 Å². The van der Waals surface area contributed by atoms with E-state index < -0.39 is 10.8 Å². The molecule has 3 aromatic rings. The lowest BCUT2D eigenvalue weighted by atomic mass is 10.3. The maximum absolute atomic E-state index is 12.0. The number of hydrogen-bond acceptors (Lipinski definition) is 4. The number of thiazole rings is 1. The Balaban J connectivity index is 1.49. The van der Waals surface area contributed by atoms with Gasteiger partial charge in [0.2, 0.25) is 0 Å². The highest BCUT2D eigenvalue weighted by Crippen LogP contribution is 2.25. The maximum Gasteiger partial charge on any atom is 0.321 e. The van der Waals surface area contributed by atoms with Crippen LogP contribution in [0.3, 0.4) is 0 Å². The molecule has 0 aliphatic rings. The standard InChI is InChI=1S/C16H15N3O2S2/c20-15(17-10-11-23(21)12-6-2-1-3-7-12)19-16-18-13-8-4-5-9-14(13)22-16/h1-9H,10-11H2,(H2,17,18,19,20)/t23-/m1/s1. The van der Waals surface area contributed by atoms with Crippen LogP contribution in [0, 0.1) is 0 Å². The first-order chi connectivity index (χ1) is 11.2. The van der Waals surface area contributed by atoms with Crippen LogP contribution in [-0.2, 0) is 10.8 Å². The molecule has 2 N–H and O–H groups in total. The lowest BCUT2D eigenvalue weighted by molar-refractivity contribution is 0.252. The summed E-state index contributed by atoms with van der Waals surface area (Å²) in [6, 6.07) is 16.6. The molecule has 5 nitrogen and oxygen atoms in total. The second-order valence-electron chi connectivity index (χ2n) is 4.73. The number of carbonyl (C=O) groups excluding carboxylic acids is 1. The van der Waals surface area contributed by atoms with Gasteiger partial charge in [-0.25, -0.2) is 9.78 Å². The Bertz CT molecular complexity index is 800. The average Bonchev–Trinajstić information content (AvgIpc) is 2.97. The van der Waals surface area contributed by atoms with E-state index in [1.165, 1.54) is 11.3 Å². The van der Waals surface area contributed by atoms with E-state index in [4.69, 9.17) is 0 Å². The Morgan fingerprint density at radius 3 is 2.61 bits per heavy atom. The number of para-hydroxylation sites is 1. The first kappa shape index (κ1) is 15.6. The highest BCUT2D eigenvalue weighted by molar-refractivity contribution is 7.85. The first-order valence-electron chi connectivity index (χ1n) is 7.06. The van der Waals surface area contributed by atoms with Gasteiger partial charge in [-0.1, -0.05) is 41.7 Å². The van der Waals surface area contributed by atoms with Crippen molar-refractivity contribution in [2.45, 2.75) is 4.90 Å². The van der Waals surface area contributed by atoms with Crippen LogP contribution in [0.1, 0.15) is 0 Å². The number of carbonyl (C=O) groups is 1. The Morgan fingerprint density at radius 2 is 1.83 bits per heavy atom. The first-order valence-corrected chi connectivity index (χ1v) is 9.20. The van der Waals surface area contributed by atoms with E-state index in [0.717, 1.165) is 15.1 Å². The number of rotatable bonds is 5. The molecule has 1 atom stereocenters. The SMILES string of the molecule is O=C(NCC[S@@](=O)c1ccccc1)Nc1nc2ccccc2s1. The summed E-state index contributed by atoms with van der Waals surface area (Å²) < 4.78 is 13.1. The van der Waals surface area contributed by atoms with Crippen LogP contribution in [-0.4, -0.2) is 27.5 Å². The Labute approximate surface area is 140 Å². The average molecular weight is 345 g/mol. The largest absolute Gasteiger partial charge is 0.337 e. The summed E-state index contributed by atoms with van der Waals surface area (Å²) in [5.41, 5.74) is 0.859. The van der Waals surface area contributed by atoms with Crippen molar-refractivity contribution in [3.63, 3.8) is 0 Å². The Morgan fingerprint density at radius 1 is 1.09 bits per heavy atom. The zero-order chi connectivity index (χ0) is 16.1. The third-order valence-corrected chi connectivity index (χ3v) is 5.42. The fourth-order valence-corrected chi connectivity index (χ4v) is 3.86. The van der Waals surface area contributed by atoms with E-state index in [-0.39, 0.29) is 6.03 Å². The van der Waals surface area contributed by atoms with Gasteiger partial charge in [0.1, 0.15) is 0 Å². The molecule has 118 valence electrons. The van der Waals surface area contributed by atoms with Crippen LogP contribution in [0.4, 0.5) is 9.93 Å². The Hall–Kier alpha value is -2.25. The van der Waals surface area contributed by atoms with Crippen molar-refractivity contribution >= 4 is 43.5 Å². The van der Waals surface area contributed by atoms with Crippen molar-refractivity contribution < 1.29 is 9.00 Å². The van der Waals surface area contributed by atoms with Crippen molar-refractivity contribution in [2.75, 3.05) is 17.6 Å². The van der Waals surface area contributed by atoms with Gasteiger partial charge in [0.05, 0.1) is 21.0 Å². The summed E-state index contributed by atoms with van der Waals surface area (Å²) >= 11 is 1.42. The lowest BCUT2D eigenvalue weighted by Gasteiger charge is -2.05. The number of anilines is 1. The van der Waals surface area contributed by atoms with Crippen LogP contribution in [0.5, 0.6) is 0 Å². The number of nitrogens with zero attached hydrogens (tertiary/aromatic N) is 1. The van der Waals surface area contributed by atoms with Crippen LogP contribution in [0.15, 0.2) is 59.5 Å². The zero-order valence-corrected chi connectivity index (χ0v) is 13.8. The fourth-order valence-electron chi connectivity index (χ4n) is 2.01. The van der Waals surface area contributed by atoms with Gasteiger partial charge < -0.3 is 5.32 Å². The van der Waals surface area contributed by atoms with E-state index in [9.17, 15) is 9.00 Å². The number of benzene rings is 2. The number of hydrogen-bond donors (Lipinski definition) is 2. The molecule has 0 radical (unpaired) electrons. The third-order valence-electron chi connectivity index (χ3n) is 3.09. The smallest absolute Gasteiger partial charge is 0.321 e. The highest BCUT2D eigenvalue weighted by atomic mass is 32.2. The molecule has 0 aliphatic heterocycles. The summed E-state index contributed by atoms with van der Waals surface area (Å²) in [5.74, 6) is 0.372. The van der Waals surface area contributed by atoms with E-state index in [0.29, 0.717) is 17.4 Å². The van der Waals surface area contributed by atoms with Gasteiger partial charge in [0.15, 0.2) is 5.13 Å². The highest BCUT2D eigenvalue weighted by Gasteiger charge is 2.08. The van der Waals surface area contributed by atoms with Crippen molar-refractivity contribution in [3.8, 4) is 0 Å². The Kier molecular flexibility index (Phi) is 4.99. The molecule has 1 heterocycles. The second kappa shape index (κ2) is 7.34. The number of aromatic nitrogens is 1. The van der Waals surface area contributed by atoms with Gasteiger partial charge >= 0.3 is 6.03 Å².